The summed E-state index contributed by atoms with van der Waals surface area (Å²) in [5.41, 5.74) is -0.219. The Hall–Kier alpha value is -0.900. The molecule has 1 unspecified atom stereocenters. The largest absolute Gasteiger partial charge is 0.481 e. The molecular weight excluding hydrogens is 210 g/mol. The van der Waals surface area contributed by atoms with E-state index in [1.807, 2.05) is 27.7 Å². The predicted octanol–water partition coefficient (Wildman–Crippen LogP) is 2.74. The molecule has 0 spiro atoms. The van der Waals surface area contributed by atoms with Gasteiger partial charge in [-0.25, -0.2) is 4.98 Å². The minimum Gasteiger partial charge on any atom is -0.481 e. The number of carbonyl (C=O) groups is 1. The maximum atomic E-state index is 11.1. The van der Waals surface area contributed by atoms with E-state index in [9.17, 15) is 4.79 Å². The molecule has 1 aromatic rings. The lowest BCUT2D eigenvalue weighted by atomic mass is 9.78. The van der Waals surface area contributed by atoms with E-state index < -0.39 is 5.97 Å². The molecule has 4 heteroatoms. The number of thiazole rings is 1. The topological polar surface area (TPSA) is 50.2 Å². The first kappa shape index (κ1) is 12.2. The smallest absolute Gasteiger partial charge is 0.307 e. The highest BCUT2D eigenvalue weighted by molar-refractivity contribution is 7.11. The molecule has 0 aliphatic heterocycles. The standard InChI is InChI=1S/C11H17NO2S/c1-7-12-6-8(15-7)5-9(10(13)14)11(2,3)4/h6,9H,5H2,1-4H3,(H,13,14). The Morgan fingerprint density at radius 3 is 2.53 bits per heavy atom. The Morgan fingerprint density at radius 1 is 1.60 bits per heavy atom. The predicted molar refractivity (Wildman–Crippen MR) is 61.1 cm³/mol. The van der Waals surface area contributed by atoms with Crippen molar-refractivity contribution in [3.63, 3.8) is 0 Å². The fraction of sp³-hybridized carbons (Fsp3) is 0.636. The van der Waals surface area contributed by atoms with Gasteiger partial charge in [0.1, 0.15) is 0 Å². The van der Waals surface area contributed by atoms with Crippen molar-refractivity contribution in [2.45, 2.75) is 34.1 Å². The van der Waals surface area contributed by atoms with Crippen molar-refractivity contribution >= 4 is 17.3 Å². The first-order chi connectivity index (χ1) is 6.80. The van der Waals surface area contributed by atoms with Gasteiger partial charge in [-0.2, -0.15) is 0 Å². The van der Waals surface area contributed by atoms with Gasteiger partial charge < -0.3 is 5.11 Å². The lowest BCUT2D eigenvalue weighted by Crippen LogP contribution is -2.30. The molecule has 84 valence electrons. The molecule has 0 amide bonds. The highest BCUT2D eigenvalue weighted by Gasteiger charge is 2.31. The van der Waals surface area contributed by atoms with Gasteiger partial charge in [-0.05, 0) is 18.8 Å². The summed E-state index contributed by atoms with van der Waals surface area (Å²) in [6.07, 6.45) is 2.35. The molecule has 0 bridgehead atoms. The third-order valence-electron chi connectivity index (χ3n) is 2.42. The molecule has 1 atom stereocenters. The molecule has 15 heavy (non-hydrogen) atoms. The quantitative estimate of drug-likeness (QED) is 0.863. The number of rotatable bonds is 3. The summed E-state index contributed by atoms with van der Waals surface area (Å²) in [4.78, 5) is 16.3. The molecule has 1 aromatic heterocycles. The van der Waals surface area contributed by atoms with Crippen molar-refractivity contribution in [2.24, 2.45) is 11.3 Å². The minimum absolute atomic E-state index is 0.219. The normalized spacial score (nSPS) is 13.9. The van der Waals surface area contributed by atoms with Crippen LogP contribution in [0.2, 0.25) is 0 Å². The highest BCUT2D eigenvalue weighted by Crippen LogP contribution is 2.30. The number of carboxylic acid groups (broad SMARTS) is 1. The van der Waals surface area contributed by atoms with E-state index in [0.29, 0.717) is 6.42 Å². The van der Waals surface area contributed by atoms with Crippen LogP contribution in [0.25, 0.3) is 0 Å². The summed E-state index contributed by atoms with van der Waals surface area (Å²) in [7, 11) is 0. The van der Waals surface area contributed by atoms with Crippen molar-refractivity contribution in [1.29, 1.82) is 0 Å². The van der Waals surface area contributed by atoms with Gasteiger partial charge in [0.25, 0.3) is 0 Å². The monoisotopic (exact) mass is 227 g/mol. The van der Waals surface area contributed by atoms with Crippen molar-refractivity contribution < 1.29 is 9.90 Å². The molecule has 0 saturated heterocycles. The van der Waals surface area contributed by atoms with E-state index in [1.54, 1.807) is 17.5 Å². The number of aryl methyl sites for hydroxylation is 1. The van der Waals surface area contributed by atoms with Crippen molar-refractivity contribution in [3.05, 3.63) is 16.1 Å². The summed E-state index contributed by atoms with van der Waals surface area (Å²) in [5.74, 6) is -1.08. The Bertz CT molecular complexity index is 352. The summed E-state index contributed by atoms with van der Waals surface area (Å²) in [6.45, 7) is 7.81. The van der Waals surface area contributed by atoms with Gasteiger partial charge in [-0.15, -0.1) is 11.3 Å². The van der Waals surface area contributed by atoms with Crippen molar-refractivity contribution in [2.75, 3.05) is 0 Å². The fourth-order valence-corrected chi connectivity index (χ4v) is 2.31. The van der Waals surface area contributed by atoms with Gasteiger partial charge in [0.2, 0.25) is 0 Å². The van der Waals surface area contributed by atoms with E-state index in [2.05, 4.69) is 4.98 Å². The second-order valence-corrected chi connectivity index (χ2v) is 6.13. The Morgan fingerprint density at radius 2 is 2.20 bits per heavy atom. The van der Waals surface area contributed by atoms with Gasteiger partial charge in [0.15, 0.2) is 0 Å². The minimum atomic E-state index is -0.728. The van der Waals surface area contributed by atoms with Gasteiger partial charge in [-0.1, -0.05) is 20.8 Å². The van der Waals surface area contributed by atoms with Crippen LogP contribution in [0.5, 0.6) is 0 Å². The second-order valence-electron chi connectivity index (χ2n) is 4.81. The maximum Gasteiger partial charge on any atom is 0.307 e. The van der Waals surface area contributed by atoms with Crippen LogP contribution in [-0.4, -0.2) is 16.1 Å². The van der Waals surface area contributed by atoms with Gasteiger partial charge in [0.05, 0.1) is 10.9 Å². The average molecular weight is 227 g/mol. The molecule has 3 nitrogen and oxygen atoms in total. The second kappa shape index (κ2) is 4.31. The van der Waals surface area contributed by atoms with E-state index in [-0.39, 0.29) is 11.3 Å². The molecule has 1 heterocycles. The van der Waals surface area contributed by atoms with E-state index >= 15 is 0 Å². The number of aliphatic carboxylic acids is 1. The van der Waals surface area contributed by atoms with Gasteiger partial charge >= 0.3 is 5.97 Å². The third-order valence-corrected chi connectivity index (χ3v) is 3.35. The van der Waals surface area contributed by atoms with E-state index in [0.717, 1.165) is 9.88 Å². The lowest BCUT2D eigenvalue weighted by molar-refractivity contribution is -0.145. The van der Waals surface area contributed by atoms with Crippen molar-refractivity contribution in [1.82, 2.24) is 4.98 Å². The molecule has 0 saturated carbocycles. The fourth-order valence-electron chi connectivity index (χ4n) is 1.46. The molecule has 0 aromatic carbocycles. The lowest BCUT2D eigenvalue weighted by Gasteiger charge is -2.26. The number of carboxylic acids is 1. The van der Waals surface area contributed by atoms with Crippen LogP contribution in [0, 0.1) is 18.3 Å². The molecule has 0 aliphatic rings. The number of nitrogens with zero attached hydrogens (tertiary/aromatic N) is 1. The van der Waals surface area contributed by atoms with Crippen LogP contribution in [0.4, 0.5) is 0 Å². The van der Waals surface area contributed by atoms with Crippen LogP contribution < -0.4 is 0 Å². The van der Waals surface area contributed by atoms with Crippen LogP contribution in [0.15, 0.2) is 6.20 Å². The van der Waals surface area contributed by atoms with Crippen LogP contribution in [0.3, 0.4) is 0 Å². The Labute approximate surface area is 94.2 Å². The number of aromatic nitrogens is 1. The molecule has 0 aliphatic carbocycles. The Kier molecular flexibility index (Phi) is 3.50. The van der Waals surface area contributed by atoms with Crippen LogP contribution >= 0.6 is 11.3 Å². The molecule has 1 N–H and O–H groups in total. The summed E-state index contributed by atoms with van der Waals surface area (Å²) >= 11 is 1.58. The zero-order valence-corrected chi connectivity index (χ0v) is 10.4. The van der Waals surface area contributed by atoms with E-state index in [4.69, 9.17) is 5.11 Å². The summed E-state index contributed by atoms with van der Waals surface area (Å²) in [5, 5.41) is 10.2. The number of hydrogen-bond acceptors (Lipinski definition) is 3. The molecule has 1 rings (SSSR count). The third kappa shape index (κ3) is 3.30. The highest BCUT2D eigenvalue weighted by atomic mass is 32.1. The summed E-state index contributed by atoms with van der Waals surface area (Å²) < 4.78 is 0. The van der Waals surface area contributed by atoms with Crippen LogP contribution in [0.1, 0.15) is 30.7 Å². The number of hydrogen-bond donors (Lipinski definition) is 1. The van der Waals surface area contributed by atoms with Gasteiger partial charge in [0, 0.05) is 11.1 Å². The summed E-state index contributed by atoms with van der Waals surface area (Å²) in [6, 6.07) is 0. The molecule has 0 fully saturated rings. The first-order valence-corrected chi connectivity index (χ1v) is 5.76. The Balaban J connectivity index is 2.81. The molecular formula is C11H17NO2S. The maximum absolute atomic E-state index is 11.1. The average Bonchev–Trinajstić information content (AvgIpc) is 2.44. The van der Waals surface area contributed by atoms with Crippen LogP contribution in [-0.2, 0) is 11.2 Å². The first-order valence-electron chi connectivity index (χ1n) is 4.95. The van der Waals surface area contributed by atoms with Crippen molar-refractivity contribution in [3.8, 4) is 0 Å². The van der Waals surface area contributed by atoms with E-state index in [1.165, 1.54) is 0 Å². The van der Waals surface area contributed by atoms with Gasteiger partial charge in [-0.3, -0.25) is 4.79 Å². The SMILES string of the molecule is Cc1ncc(CC(C(=O)O)C(C)(C)C)s1. The zero-order valence-electron chi connectivity index (χ0n) is 9.57. The molecule has 0 radical (unpaired) electrons. The zero-order chi connectivity index (χ0) is 11.6.